The lowest BCUT2D eigenvalue weighted by Gasteiger charge is -2.32. The Morgan fingerprint density at radius 2 is 1.56 bits per heavy atom. The smallest absolute Gasteiger partial charge is 0.417 e. The molecule has 0 unspecified atom stereocenters. The third-order valence-electron chi connectivity index (χ3n) is 6.18. The van der Waals surface area contributed by atoms with Gasteiger partial charge in [-0.15, -0.1) is 0 Å². The summed E-state index contributed by atoms with van der Waals surface area (Å²) in [6.07, 6.45) is -0.536. The van der Waals surface area contributed by atoms with Crippen LogP contribution in [0.25, 0.3) is 0 Å². The van der Waals surface area contributed by atoms with Crippen molar-refractivity contribution in [1.29, 1.82) is 0 Å². The molecule has 1 heterocycles. The minimum atomic E-state index is -1.15. The number of amides is 2. The lowest BCUT2D eigenvalue weighted by Crippen LogP contribution is -2.44. The number of carbonyl (C=O) groups excluding carboxylic acids is 2. The first-order chi connectivity index (χ1) is 16.4. The molecule has 1 N–H and O–H groups in total. The summed E-state index contributed by atoms with van der Waals surface area (Å²) in [6.45, 7) is 1.79. The highest BCUT2D eigenvalue weighted by atomic mass is 35.5. The highest BCUT2D eigenvalue weighted by Crippen LogP contribution is 2.44. The van der Waals surface area contributed by atoms with Gasteiger partial charge >= 0.3 is 6.09 Å². The highest BCUT2D eigenvalue weighted by Gasteiger charge is 2.48. The number of cyclic esters (lactones) is 1. The Kier molecular flexibility index (Phi) is 7.61. The molecule has 0 aliphatic carbocycles. The fourth-order valence-electron chi connectivity index (χ4n) is 4.44. The molecule has 34 heavy (non-hydrogen) atoms. The number of nitrogens with zero attached hydrogens (tertiary/aromatic N) is 1. The van der Waals surface area contributed by atoms with E-state index in [-0.39, 0.29) is 0 Å². The van der Waals surface area contributed by atoms with E-state index in [2.05, 4.69) is 0 Å². The average molecular weight is 496 g/mol. The van der Waals surface area contributed by atoms with E-state index in [9.17, 15) is 14.7 Å². The van der Waals surface area contributed by atoms with Gasteiger partial charge in [0, 0.05) is 10.3 Å². The van der Waals surface area contributed by atoms with Gasteiger partial charge in [0.05, 0.1) is 18.1 Å². The molecule has 1 saturated heterocycles. The SMILES string of the molecule is CS[C@@H](c1ccccc1)[C@@H](C(=O)N1C(=O)O[C@H](c2ccccc2)[C@@H]1C)[C@@H](O)c1ccc(Cl)cc1. The standard InChI is InChI=1S/C27H26ClNO4S/c1-17-24(19-9-5-3-6-10-19)33-27(32)29(17)26(31)22(23(30)18-13-15-21(28)16-14-18)25(34-2)20-11-7-4-8-12-20/h3-17,22-25,30H,1-2H3/t17-,22-,23-,24-,25-/m0/s1. The molecule has 1 aliphatic heterocycles. The van der Waals surface area contributed by atoms with Gasteiger partial charge in [0.2, 0.25) is 5.91 Å². The number of imide groups is 1. The lowest BCUT2D eigenvalue weighted by atomic mass is 9.87. The molecule has 7 heteroatoms. The van der Waals surface area contributed by atoms with Crippen LogP contribution in [-0.4, -0.2) is 34.3 Å². The summed E-state index contributed by atoms with van der Waals surface area (Å²) >= 11 is 7.50. The van der Waals surface area contributed by atoms with E-state index >= 15 is 0 Å². The Hall–Kier alpha value is -2.80. The summed E-state index contributed by atoms with van der Waals surface area (Å²) in [5.41, 5.74) is 2.26. The van der Waals surface area contributed by atoms with Gasteiger partial charge in [-0.1, -0.05) is 84.4 Å². The Morgan fingerprint density at radius 1 is 0.971 bits per heavy atom. The van der Waals surface area contributed by atoms with E-state index < -0.39 is 41.4 Å². The average Bonchev–Trinajstić information content (AvgIpc) is 3.17. The molecule has 3 aromatic carbocycles. The van der Waals surface area contributed by atoms with Crippen LogP contribution in [0, 0.1) is 5.92 Å². The van der Waals surface area contributed by atoms with Crippen molar-refractivity contribution in [3.8, 4) is 0 Å². The molecule has 0 radical (unpaired) electrons. The fraction of sp³-hybridized carbons (Fsp3) is 0.259. The van der Waals surface area contributed by atoms with Gasteiger partial charge in [-0.2, -0.15) is 11.8 Å². The summed E-state index contributed by atoms with van der Waals surface area (Å²) in [4.78, 5) is 28.1. The third-order valence-corrected chi connectivity index (χ3v) is 7.51. The number of hydrogen-bond donors (Lipinski definition) is 1. The van der Waals surface area contributed by atoms with Crippen molar-refractivity contribution in [3.05, 3.63) is 107 Å². The maximum atomic E-state index is 14.0. The number of aliphatic hydroxyl groups excluding tert-OH is 1. The number of ether oxygens (including phenoxy) is 1. The predicted octanol–water partition coefficient (Wildman–Crippen LogP) is 6.20. The van der Waals surface area contributed by atoms with Gasteiger partial charge in [0.1, 0.15) is 6.10 Å². The minimum Gasteiger partial charge on any atom is -0.439 e. The second kappa shape index (κ2) is 10.6. The molecule has 176 valence electrons. The van der Waals surface area contributed by atoms with E-state index in [1.807, 2.05) is 66.9 Å². The predicted molar refractivity (Wildman–Crippen MR) is 135 cm³/mol. The first kappa shape index (κ1) is 24.3. The molecule has 0 bridgehead atoms. The molecule has 5 atom stereocenters. The Morgan fingerprint density at radius 3 is 2.15 bits per heavy atom. The van der Waals surface area contributed by atoms with Crippen molar-refractivity contribution < 1.29 is 19.4 Å². The number of carbonyl (C=O) groups is 2. The van der Waals surface area contributed by atoms with E-state index in [0.29, 0.717) is 10.6 Å². The van der Waals surface area contributed by atoms with Gasteiger partial charge in [0.25, 0.3) is 0 Å². The molecule has 3 aromatic rings. The number of thioether (sulfide) groups is 1. The van der Waals surface area contributed by atoms with Crippen LogP contribution in [0.4, 0.5) is 4.79 Å². The van der Waals surface area contributed by atoms with Crippen molar-refractivity contribution in [2.24, 2.45) is 5.92 Å². The zero-order chi connectivity index (χ0) is 24.2. The van der Waals surface area contributed by atoms with Crippen LogP contribution >= 0.6 is 23.4 Å². The molecule has 1 fully saturated rings. The summed E-state index contributed by atoms with van der Waals surface area (Å²) in [5.74, 6) is -1.40. The maximum Gasteiger partial charge on any atom is 0.417 e. The summed E-state index contributed by atoms with van der Waals surface area (Å²) in [6, 6.07) is 25.1. The van der Waals surface area contributed by atoms with Crippen LogP contribution < -0.4 is 0 Å². The van der Waals surface area contributed by atoms with Crippen LogP contribution in [0.15, 0.2) is 84.9 Å². The molecule has 0 spiro atoms. The first-order valence-corrected chi connectivity index (χ1v) is 12.7. The lowest BCUT2D eigenvalue weighted by molar-refractivity contribution is -0.137. The Balaban J connectivity index is 1.72. The van der Waals surface area contributed by atoms with Crippen molar-refractivity contribution in [3.63, 3.8) is 0 Å². The van der Waals surface area contributed by atoms with Gasteiger partial charge in [-0.3, -0.25) is 4.79 Å². The topological polar surface area (TPSA) is 66.8 Å². The molecule has 0 aromatic heterocycles. The second-order valence-electron chi connectivity index (χ2n) is 8.25. The van der Waals surface area contributed by atoms with Crippen LogP contribution in [0.3, 0.4) is 0 Å². The second-order valence-corrected chi connectivity index (χ2v) is 9.67. The molecule has 0 saturated carbocycles. The van der Waals surface area contributed by atoms with Crippen molar-refractivity contribution >= 4 is 35.4 Å². The molecule has 5 nitrogen and oxygen atoms in total. The van der Waals surface area contributed by atoms with E-state index in [0.717, 1.165) is 16.0 Å². The largest absolute Gasteiger partial charge is 0.439 e. The van der Waals surface area contributed by atoms with E-state index in [4.69, 9.17) is 16.3 Å². The molecular formula is C27H26ClNO4S. The monoisotopic (exact) mass is 495 g/mol. The van der Waals surface area contributed by atoms with Gasteiger partial charge in [-0.05, 0) is 42.0 Å². The fourth-order valence-corrected chi connectivity index (χ4v) is 5.55. The van der Waals surface area contributed by atoms with Crippen LogP contribution in [0.2, 0.25) is 5.02 Å². The normalized spacial score (nSPS) is 20.5. The van der Waals surface area contributed by atoms with Crippen molar-refractivity contribution in [2.75, 3.05) is 6.26 Å². The zero-order valence-corrected chi connectivity index (χ0v) is 20.4. The van der Waals surface area contributed by atoms with Crippen LogP contribution in [-0.2, 0) is 9.53 Å². The summed E-state index contributed by atoms with van der Waals surface area (Å²) in [7, 11) is 0. The third kappa shape index (κ3) is 4.85. The van der Waals surface area contributed by atoms with E-state index in [1.165, 1.54) is 11.8 Å². The number of rotatable bonds is 7. The van der Waals surface area contributed by atoms with Crippen LogP contribution in [0.1, 0.15) is 41.1 Å². The number of aliphatic hydroxyl groups is 1. The van der Waals surface area contributed by atoms with Gasteiger partial charge < -0.3 is 9.84 Å². The minimum absolute atomic E-state index is 0.393. The van der Waals surface area contributed by atoms with Gasteiger partial charge in [0.15, 0.2) is 0 Å². The quantitative estimate of drug-likeness (QED) is 0.422. The molecule has 1 aliphatic rings. The number of halogens is 1. The number of benzene rings is 3. The zero-order valence-electron chi connectivity index (χ0n) is 18.9. The Bertz CT molecular complexity index is 1130. The van der Waals surface area contributed by atoms with E-state index in [1.54, 1.807) is 31.2 Å². The highest BCUT2D eigenvalue weighted by molar-refractivity contribution is 7.98. The summed E-state index contributed by atoms with van der Waals surface area (Å²) in [5, 5.41) is 11.6. The first-order valence-electron chi connectivity index (χ1n) is 11.0. The number of hydrogen-bond acceptors (Lipinski definition) is 5. The Labute approximate surface area is 208 Å². The molecule has 2 amide bonds. The summed E-state index contributed by atoms with van der Waals surface area (Å²) < 4.78 is 5.62. The van der Waals surface area contributed by atoms with Crippen molar-refractivity contribution in [2.45, 2.75) is 30.4 Å². The molecule has 4 rings (SSSR count). The van der Waals surface area contributed by atoms with Crippen molar-refractivity contribution in [1.82, 2.24) is 4.90 Å². The van der Waals surface area contributed by atoms with Gasteiger partial charge in [-0.25, -0.2) is 9.69 Å². The maximum absolute atomic E-state index is 14.0. The molecular weight excluding hydrogens is 470 g/mol. The van der Waals surface area contributed by atoms with Crippen LogP contribution in [0.5, 0.6) is 0 Å².